The van der Waals surface area contributed by atoms with Crippen LogP contribution in [0, 0.1) is 0 Å². The molecule has 4 N–H and O–H groups in total. The average molecular weight is 600 g/mol. The van der Waals surface area contributed by atoms with Crippen molar-refractivity contribution < 1.29 is 27.6 Å². The van der Waals surface area contributed by atoms with Gasteiger partial charge in [0.15, 0.2) is 17.4 Å². The Bertz CT molecular complexity index is 1630. The Morgan fingerprint density at radius 2 is 1.77 bits per heavy atom. The fourth-order valence-corrected chi connectivity index (χ4v) is 4.37. The number of halogens is 3. The van der Waals surface area contributed by atoms with Crippen molar-refractivity contribution in [3.05, 3.63) is 75.7 Å². The number of aliphatic imine (C=N–C) groups is 1. The summed E-state index contributed by atoms with van der Waals surface area (Å²) in [5, 5.41) is 6.74. The minimum absolute atomic E-state index is 0.00545. The Morgan fingerprint density at radius 3 is 2.37 bits per heavy atom. The van der Waals surface area contributed by atoms with E-state index in [0.29, 0.717) is 17.0 Å². The molecule has 228 valence electrons. The average Bonchev–Trinajstić information content (AvgIpc) is 3.24. The molecule has 1 aliphatic heterocycles. The number of benzene rings is 2. The van der Waals surface area contributed by atoms with E-state index in [1.165, 1.54) is 19.2 Å². The molecule has 0 fully saturated rings. The summed E-state index contributed by atoms with van der Waals surface area (Å²) in [6, 6.07) is 9.69. The maximum absolute atomic E-state index is 13.5. The van der Waals surface area contributed by atoms with Crippen LogP contribution in [0.25, 0.3) is 11.3 Å². The number of nitrogens with two attached hydrogens (primary N) is 1. The van der Waals surface area contributed by atoms with Crippen molar-refractivity contribution in [2.24, 2.45) is 4.99 Å². The molecule has 43 heavy (non-hydrogen) atoms. The van der Waals surface area contributed by atoms with Gasteiger partial charge in [-0.1, -0.05) is 24.3 Å². The number of hydrogen-bond donors (Lipinski definition) is 3. The number of nitrogens with zero attached hydrogens (tertiary/aromatic N) is 4. The molecule has 2 amide bonds. The molecule has 14 heteroatoms. The van der Waals surface area contributed by atoms with Crippen LogP contribution in [0.3, 0.4) is 0 Å². The van der Waals surface area contributed by atoms with Crippen LogP contribution < -0.4 is 21.9 Å². The van der Waals surface area contributed by atoms with E-state index in [1.54, 1.807) is 52.0 Å². The fraction of sp³-hybridized carbons (Fsp3) is 0.345. The van der Waals surface area contributed by atoms with Crippen molar-refractivity contribution in [1.82, 2.24) is 19.9 Å². The molecule has 2 aromatic carbocycles. The second-order valence-corrected chi connectivity index (χ2v) is 10.8. The van der Waals surface area contributed by atoms with Crippen molar-refractivity contribution in [2.45, 2.75) is 65.7 Å². The number of rotatable bonds is 8. The molecule has 0 atom stereocenters. The number of amidine groups is 1. The van der Waals surface area contributed by atoms with Crippen molar-refractivity contribution in [1.29, 1.82) is 0 Å². The Kier molecular flexibility index (Phi) is 8.62. The molecule has 4 rings (SSSR count). The number of aromatic nitrogens is 2. The molecule has 0 unspecified atom stereocenters. The summed E-state index contributed by atoms with van der Waals surface area (Å²) < 4.78 is 41.5. The molecule has 1 aromatic heterocycles. The van der Waals surface area contributed by atoms with Gasteiger partial charge >= 0.3 is 6.18 Å². The van der Waals surface area contributed by atoms with Gasteiger partial charge in [-0.05, 0) is 51.5 Å². The van der Waals surface area contributed by atoms with Gasteiger partial charge in [-0.2, -0.15) is 18.2 Å². The Labute approximate surface area is 245 Å². The van der Waals surface area contributed by atoms with Crippen LogP contribution >= 0.6 is 0 Å². The molecule has 0 saturated heterocycles. The molecule has 0 bridgehead atoms. The first-order valence-corrected chi connectivity index (χ1v) is 13.3. The standard InChI is InChI=1S/C29H32F3N7O4/c1-16(2)36-25-27(42)38(23(14-35-25)20-10-21(29(30,31)32)12-22(33)11-20)15-24(41)34-13-18-6-8-19(9-7-18)26-37-28(4,5)43-39(26)17(3)40/h6-12,14,16H,13,15,33H2,1-5H3,(H,34,41)(H,35,36). The molecular formula is C29H32F3N7O4. The Hall–Kier alpha value is -4.72. The number of alkyl halides is 3. The molecule has 0 radical (unpaired) electrons. The van der Waals surface area contributed by atoms with Gasteiger partial charge in [0.25, 0.3) is 5.56 Å². The van der Waals surface area contributed by atoms with E-state index in [9.17, 15) is 27.6 Å². The van der Waals surface area contributed by atoms with Crippen LogP contribution in [0.5, 0.6) is 0 Å². The number of hydroxylamine groups is 2. The molecule has 0 aliphatic carbocycles. The van der Waals surface area contributed by atoms with E-state index in [2.05, 4.69) is 20.6 Å². The Balaban J connectivity index is 1.57. The Morgan fingerprint density at radius 1 is 1.09 bits per heavy atom. The lowest BCUT2D eigenvalue weighted by atomic mass is 10.1. The SMILES string of the molecule is CC(=O)N1OC(C)(C)N=C1c1ccc(CNC(=O)Cn2c(-c3cc(N)cc(C(F)(F)F)c3)cnc(NC(C)C)c2=O)cc1. The predicted octanol–water partition coefficient (Wildman–Crippen LogP) is 3.92. The zero-order valence-electron chi connectivity index (χ0n) is 24.2. The number of nitrogens with one attached hydrogen (secondary N) is 2. The number of carbonyl (C=O) groups is 2. The highest BCUT2D eigenvalue weighted by Gasteiger charge is 2.36. The zero-order chi connectivity index (χ0) is 31.7. The van der Waals surface area contributed by atoms with Gasteiger partial charge in [0, 0.05) is 36.3 Å². The highest BCUT2D eigenvalue weighted by molar-refractivity contribution is 6.07. The highest BCUT2D eigenvalue weighted by atomic mass is 19.4. The fourth-order valence-electron chi connectivity index (χ4n) is 4.37. The zero-order valence-corrected chi connectivity index (χ0v) is 24.2. The van der Waals surface area contributed by atoms with Crippen LogP contribution in [0.1, 0.15) is 51.3 Å². The normalized spacial score (nSPS) is 14.5. The summed E-state index contributed by atoms with van der Waals surface area (Å²) >= 11 is 0. The van der Waals surface area contributed by atoms with Crippen molar-refractivity contribution in [2.75, 3.05) is 11.1 Å². The molecule has 0 spiro atoms. The predicted molar refractivity (Wildman–Crippen MR) is 155 cm³/mol. The minimum atomic E-state index is -4.67. The van der Waals surface area contributed by atoms with Crippen LogP contribution in [0.15, 0.2) is 58.4 Å². The third-order valence-electron chi connectivity index (χ3n) is 6.23. The number of hydrogen-bond acceptors (Lipinski definition) is 8. The third kappa shape index (κ3) is 7.38. The van der Waals surface area contributed by atoms with Crippen LogP contribution in [0.2, 0.25) is 0 Å². The topological polar surface area (TPSA) is 144 Å². The van der Waals surface area contributed by atoms with E-state index in [1.807, 2.05) is 0 Å². The van der Waals surface area contributed by atoms with Crippen molar-refractivity contribution in [3.8, 4) is 11.3 Å². The summed E-state index contributed by atoms with van der Waals surface area (Å²) in [5.74, 6) is -0.583. The smallest absolute Gasteiger partial charge is 0.399 e. The molecular weight excluding hydrogens is 567 g/mol. The van der Waals surface area contributed by atoms with E-state index in [4.69, 9.17) is 10.6 Å². The monoisotopic (exact) mass is 599 g/mol. The molecule has 2 heterocycles. The largest absolute Gasteiger partial charge is 0.416 e. The maximum Gasteiger partial charge on any atom is 0.416 e. The van der Waals surface area contributed by atoms with Gasteiger partial charge in [-0.15, -0.1) is 0 Å². The summed E-state index contributed by atoms with van der Waals surface area (Å²) in [4.78, 5) is 52.4. The summed E-state index contributed by atoms with van der Waals surface area (Å²) in [5.41, 5.74) is 4.33. The van der Waals surface area contributed by atoms with Crippen LogP contribution in [-0.2, 0) is 33.7 Å². The van der Waals surface area contributed by atoms with E-state index >= 15 is 0 Å². The summed E-state index contributed by atoms with van der Waals surface area (Å²) in [6.45, 7) is 7.99. The van der Waals surface area contributed by atoms with Crippen LogP contribution in [-0.4, -0.2) is 44.0 Å². The summed E-state index contributed by atoms with van der Waals surface area (Å²) in [6.07, 6.45) is -3.44. The van der Waals surface area contributed by atoms with E-state index < -0.39 is 35.5 Å². The first-order chi connectivity index (χ1) is 20.0. The molecule has 0 saturated carbocycles. The third-order valence-corrected chi connectivity index (χ3v) is 6.23. The number of nitrogen functional groups attached to an aromatic ring is 1. The first-order valence-electron chi connectivity index (χ1n) is 13.3. The van der Waals surface area contributed by atoms with Gasteiger partial charge in [-0.25, -0.2) is 14.8 Å². The molecule has 11 nitrogen and oxygen atoms in total. The van der Waals surface area contributed by atoms with Crippen LogP contribution in [0.4, 0.5) is 24.7 Å². The second kappa shape index (κ2) is 11.9. The number of carbonyl (C=O) groups excluding carboxylic acids is 2. The number of amides is 2. The highest BCUT2D eigenvalue weighted by Crippen LogP contribution is 2.34. The minimum Gasteiger partial charge on any atom is -0.399 e. The van der Waals surface area contributed by atoms with Crippen molar-refractivity contribution in [3.63, 3.8) is 0 Å². The van der Waals surface area contributed by atoms with Crippen molar-refractivity contribution >= 4 is 29.2 Å². The lowest BCUT2D eigenvalue weighted by molar-refractivity contribution is -0.183. The molecule has 3 aromatic rings. The van der Waals surface area contributed by atoms with E-state index in [-0.39, 0.29) is 41.3 Å². The van der Waals surface area contributed by atoms with Gasteiger partial charge in [0.1, 0.15) is 6.54 Å². The number of anilines is 2. The van der Waals surface area contributed by atoms with E-state index in [0.717, 1.165) is 21.8 Å². The van der Waals surface area contributed by atoms with Gasteiger partial charge in [-0.3, -0.25) is 19.0 Å². The van der Waals surface area contributed by atoms with Gasteiger partial charge in [0.05, 0.1) is 17.5 Å². The first kappa shape index (κ1) is 31.2. The van der Waals surface area contributed by atoms with Gasteiger partial charge < -0.3 is 16.4 Å². The lowest BCUT2D eigenvalue weighted by Gasteiger charge is -2.18. The van der Waals surface area contributed by atoms with Gasteiger partial charge in [0.2, 0.25) is 11.8 Å². The quantitative estimate of drug-likeness (QED) is 0.333. The molecule has 1 aliphatic rings. The second-order valence-electron chi connectivity index (χ2n) is 10.8. The maximum atomic E-state index is 13.5. The summed E-state index contributed by atoms with van der Waals surface area (Å²) in [7, 11) is 0. The lowest BCUT2D eigenvalue weighted by Crippen LogP contribution is -2.35.